The molecular formula is C14H20N2O3S. The van der Waals surface area contributed by atoms with Crippen molar-refractivity contribution in [3.05, 3.63) is 29.3 Å². The van der Waals surface area contributed by atoms with E-state index in [1.54, 1.807) is 17.0 Å². The van der Waals surface area contributed by atoms with Gasteiger partial charge in [0.25, 0.3) is 0 Å². The Labute approximate surface area is 120 Å². The number of benzene rings is 1. The van der Waals surface area contributed by atoms with E-state index in [9.17, 15) is 13.2 Å². The Morgan fingerprint density at radius 3 is 2.60 bits per heavy atom. The number of carbonyl (C=O) groups excluding carboxylic acids is 1. The molecule has 1 heterocycles. The van der Waals surface area contributed by atoms with Gasteiger partial charge in [-0.05, 0) is 29.7 Å². The van der Waals surface area contributed by atoms with Crippen LogP contribution in [0.3, 0.4) is 0 Å². The van der Waals surface area contributed by atoms with E-state index in [-0.39, 0.29) is 10.8 Å². The summed E-state index contributed by atoms with van der Waals surface area (Å²) < 4.78 is 25.5. The summed E-state index contributed by atoms with van der Waals surface area (Å²) in [4.78, 5) is 13.8. The van der Waals surface area contributed by atoms with Gasteiger partial charge in [-0.2, -0.15) is 0 Å². The second kappa shape index (κ2) is 5.54. The summed E-state index contributed by atoms with van der Waals surface area (Å²) in [7, 11) is -0.393. The van der Waals surface area contributed by atoms with Crippen LogP contribution in [0.15, 0.2) is 23.1 Å². The van der Waals surface area contributed by atoms with Crippen molar-refractivity contribution in [3.63, 3.8) is 0 Å². The summed E-state index contributed by atoms with van der Waals surface area (Å²) in [5.74, 6) is 0.108. The van der Waals surface area contributed by atoms with E-state index in [0.29, 0.717) is 19.5 Å². The standard InChI is InChI=1S/C14H20N2O3S/c1-4-14(17)16-8-7-11-5-6-13(9-12(11)10-16)20(18,19)15(2)3/h5-6,9H,4,7-8,10H2,1-3H3. The van der Waals surface area contributed by atoms with Gasteiger partial charge in [0.15, 0.2) is 0 Å². The highest BCUT2D eigenvalue weighted by molar-refractivity contribution is 7.89. The van der Waals surface area contributed by atoms with Crippen LogP contribution in [0.4, 0.5) is 0 Å². The zero-order valence-electron chi connectivity index (χ0n) is 12.1. The van der Waals surface area contributed by atoms with Gasteiger partial charge in [-0.1, -0.05) is 13.0 Å². The second-order valence-corrected chi connectivity index (χ2v) is 7.29. The third-order valence-electron chi connectivity index (χ3n) is 3.62. The molecule has 0 N–H and O–H groups in total. The molecule has 1 aliphatic rings. The Morgan fingerprint density at radius 2 is 2.00 bits per heavy atom. The van der Waals surface area contributed by atoms with Crippen LogP contribution in [0.25, 0.3) is 0 Å². The van der Waals surface area contributed by atoms with Gasteiger partial charge in [-0.15, -0.1) is 0 Å². The molecule has 0 unspecified atom stereocenters. The topological polar surface area (TPSA) is 57.7 Å². The number of hydrogen-bond donors (Lipinski definition) is 0. The van der Waals surface area contributed by atoms with Crippen LogP contribution in [-0.4, -0.2) is 44.2 Å². The molecule has 6 heteroatoms. The van der Waals surface area contributed by atoms with Gasteiger partial charge in [0.05, 0.1) is 4.90 Å². The van der Waals surface area contributed by atoms with Crippen LogP contribution in [0, 0.1) is 0 Å². The first kappa shape index (κ1) is 15.0. The van der Waals surface area contributed by atoms with E-state index in [1.165, 1.54) is 18.4 Å². The monoisotopic (exact) mass is 296 g/mol. The molecule has 2 rings (SSSR count). The van der Waals surface area contributed by atoms with Crippen LogP contribution in [0.2, 0.25) is 0 Å². The first-order chi connectivity index (χ1) is 9.36. The van der Waals surface area contributed by atoms with Crippen molar-refractivity contribution in [2.24, 2.45) is 0 Å². The van der Waals surface area contributed by atoms with Crippen LogP contribution < -0.4 is 0 Å². The number of nitrogens with zero attached hydrogens (tertiary/aromatic N) is 2. The lowest BCUT2D eigenvalue weighted by atomic mass is 10.00. The Morgan fingerprint density at radius 1 is 1.30 bits per heavy atom. The number of hydrogen-bond acceptors (Lipinski definition) is 3. The molecule has 1 amide bonds. The van der Waals surface area contributed by atoms with E-state index >= 15 is 0 Å². The average Bonchev–Trinajstić information content (AvgIpc) is 2.44. The third kappa shape index (κ3) is 2.71. The van der Waals surface area contributed by atoms with Gasteiger partial charge in [0.2, 0.25) is 15.9 Å². The molecule has 20 heavy (non-hydrogen) atoms. The zero-order chi connectivity index (χ0) is 14.9. The van der Waals surface area contributed by atoms with Crippen molar-refractivity contribution >= 4 is 15.9 Å². The van der Waals surface area contributed by atoms with Gasteiger partial charge >= 0.3 is 0 Å². The SMILES string of the molecule is CCC(=O)N1CCc2ccc(S(=O)(=O)N(C)C)cc2C1. The number of sulfonamides is 1. The van der Waals surface area contributed by atoms with E-state index in [4.69, 9.17) is 0 Å². The van der Waals surface area contributed by atoms with Crippen molar-refractivity contribution in [2.45, 2.75) is 31.2 Å². The number of fused-ring (bicyclic) bond motifs is 1. The lowest BCUT2D eigenvalue weighted by molar-refractivity contribution is -0.131. The van der Waals surface area contributed by atoms with Crippen LogP contribution in [0.1, 0.15) is 24.5 Å². The third-order valence-corrected chi connectivity index (χ3v) is 5.43. The molecule has 1 aliphatic heterocycles. The van der Waals surface area contributed by atoms with Crippen molar-refractivity contribution in [3.8, 4) is 0 Å². The van der Waals surface area contributed by atoms with Gasteiger partial charge in [0, 0.05) is 33.6 Å². The minimum Gasteiger partial charge on any atom is -0.338 e. The van der Waals surface area contributed by atoms with Gasteiger partial charge < -0.3 is 4.90 Å². The first-order valence-corrected chi connectivity index (χ1v) is 8.12. The maximum atomic E-state index is 12.1. The predicted octanol–water partition coefficient (Wildman–Crippen LogP) is 1.23. The van der Waals surface area contributed by atoms with E-state index in [1.807, 2.05) is 13.0 Å². The largest absolute Gasteiger partial charge is 0.338 e. The first-order valence-electron chi connectivity index (χ1n) is 6.68. The van der Waals surface area contributed by atoms with Crippen molar-refractivity contribution in [1.82, 2.24) is 9.21 Å². The lowest BCUT2D eigenvalue weighted by Crippen LogP contribution is -2.35. The van der Waals surface area contributed by atoms with Crippen molar-refractivity contribution in [2.75, 3.05) is 20.6 Å². The molecule has 0 aromatic heterocycles. The van der Waals surface area contributed by atoms with Crippen LogP contribution >= 0.6 is 0 Å². The Bertz CT molecular complexity index is 623. The summed E-state index contributed by atoms with van der Waals surface area (Å²) in [5, 5.41) is 0. The Balaban J connectivity index is 2.35. The van der Waals surface area contributed by atoms with Crippen molar-refractivity contribution in [1.29, 1.82) is 0 Å². The van der Waals surface area contributed by atoms with Gasteiger partial charge in [0.1, 0.15) is 0 Å². The molecule has 0 fully saturated rings. The molecule has 0 aliphatic carbocycles. The molecule has 1 aromatic rings. The van der Waals surface area contributed by atoms with E-state index in [0.717, 1.165) is 17.5 Å². The minimum atomic E-state index is -3.42. The normalized spacial score (nSPS) is 15.3. The Kier molecular flexibility index (Phi) is 4.15. The fourth-order valence-electron chi connectivity index (χ4n) is 2.34. The molecule has 0 radical (unpaired) electrons. The summed E-state index contributed by atoms with van der Waals surface area (Å²) in [5.41, 5.74) is 2.06. The summed E-state index contributed by atoms with van der Waals surface area (Å²) in [6.07, 6.45) is 1.26. The highest BCUT2D eigenvalue weighted by atomic mass is 32.2. The fraction of sp³-hybridized carbons (Fsp3) is 0.500. The van der Waals surface area contributed by atoms with Gasteiger partial charge in [-0.25, -0.2) is 12.7 Å². The number of rotatable bonds is 3. The number of carbonyl (C=O) groups is 1. The Hall–Kier alpha value is -1.40. The predicted molar refractivity (Wildman–Crippen MR) is 76.7 cm³/mol. The highest BCUT2D eigenvalue weighted by Crippen LogP contribution is 2.24. The smallest absolute Gasteiger partial charge is 0.242 e. The van der Waals surface area contributed by atoms with E-state index in [2.05, 4.69) is 0 Å². The molecule has 1 aromatic carbocycles. The minimum absolute atomic E-state index is 0.108. The molecule has 0 spiro atoms. The van der Waals surface area contributed by atoms with Crippen LogP contribution in [-0.2, 0) is 27.8 Å². The maximum absolute atomic E-state index is 12.1. The maximum Gasteiger partial charge on any atom is 0.242 e. The summed E-state index contributed by atoms with van der Waals surface area (Å²) in [6.45, 7) is 3.04. The zero-order valence-corrected chi connectivity index (χ0v) is 12.9. The molecule has 0 bridgehead atoms. The molecule has 5 nitrogen and oxygen atoms in total. The molecule has 0 saturated heterocycles. The molecular weight excluding hydrogens is 276 g/mol. The fourth-order valence-corrected chi connectivity index (χ4v) is 3.29. The summed E-state index contributed by atoms with van der Waals surface area (Å²) >= 11 is 0. The molecule has 110 valence electrons. The lowest BCUT2D eigenvalue weighted by Gasteiger charge is -2.29. The average molecular weight is 296 g/mol. The van der Waals surface area contributed by atoms with Crippen LogP contribution in [0.5, 0.6) is 0 Å². The molecule has 0 atom stereocenters. The van der Waals surface area contributed by atoms with Gasteiger partial charge in [-0.3, -0.25) is 4.79 Å². The highest BCUT2D eigenvalue weighted by Gasteiger charge is 2.23. The quantitative estimate of drug-likeness (QED) is 0.843. The molecule has 0 saturated carbocycles. The second-order valence-electron chi connectivity index (χ2n) is 5.14. The van der Waals surface area contributed by atoms with E-state index < -0.39 is 10.0 Å². The number of amides is 1. The van der Waals surface area contributed by atoms with Crippen molar-refractivity contribution < 1.29 is 13.2 Å². The summed E-state index contributed by atoms with van der Waals surface area (Å²) in [6, 6.07) is 5.20.